The van der Waals surface area contributed by atoms with E-state index in [2.05, 4.69) is 32.8 Å². The number of halogens is 1. The lowest BCUT2D eigenvalue weighted by Crippen LogP contribution is -2.61. The fourth-order valence-corrected chi connectivity index (χ4v) is 4.32. The number of aromatic nitrogens is 3. The van der Waals surface area contributed by atoms with Crippen molar-refractivity contribution >= 4 is 49.7 Å². The highest BCUT2D eigenvalue weighted by Gasteiger charge is 2.30. The number of pyridine rings is 2. The summed E-state index contributed by atoms with van der Waals surface area (Å²) in [5.74, 6) is 0.722. The number of amides is 2. The lowest BCUT2D eigenvalue weighted by atomic mass is 10.1. The molecule has 0 spiro atoms. The summed E-state index contributed by atoms with van der Waals surface area (Å²) in [5, 5.41) is 4.90. The Hall–Kier alpha value is -3.72. The van der Waals surface area contributed by atoms with Crippen LogP contribution in [0.4, 0.5) is 0 Å². The quantitative estimate of drug-likeness (QED) is 0.404. The van der Waals surface area contributed by atoms with Gasteiger partial charge in [0.25, 0.3) is 0 Å². The Morgan fingerprint density at radius 1 is 1.21 bits per heavy atom. The van der Waals surface area contributed by atoms with Crippen LogP contribution in [0.15, 0.2) is 72.0 Å². The van der Waals surface area contributed by atoms with Crippen molar-refractivity contribution in [1.29, 1.82) is 0 Å². The molecule has 8 nitrogen and oxygen atoms in total. The number of benzene rings is 1. The summed E-state index contributed by atoms with van der Waals surface area (Å²) in [6.07, 6.45) is 4.57. The lowest BCUT2D eigenvalue weighted by Gasteiger charge is -2.38. The number of nitrogens with zero attached hydrogens (tertiary/aromatic N) is 4. The molecule has 2 amide bonds. The van der Waals surface area contributed by atoms with Crippen LogP contribution in [0.2, 0.25) is 0 Å². The van der Waals surface area contributed by atoms with Gasteiger partial charge in [-0.2, -0.15) is 4.98 Å². The number of rotatable bonds is 6. The predicted octanol–water partition coefficient (Wildman–Crippen LogP) is 3.65. The Morgan fingerprint density at radius 3 is 2.82 bits per heavy atom. The van der Waals surface area contributed by atoms with Gasteiger partial charge >= 0.3 is 0 Å². The van der Waals surface area contributed by atoms with Crippen molar-refractivity contribution in [3.8, 4) is 11.6 Å². The first kappa shape index (κ1) is 21.1. The zero-order chi connectivity index (χ0) is 22.9. The first-order valence-electron chi connectivity index (χ1n) is 10.4. The maximum Gasteiger partial charge on any atom is 0.246 e. The zero-order valence-electron chi connectivity index (χ0n) is 17.6. The minimum absolute atomic E-state index is 0.0685. The molecule has 1 aliphatic rings. The van der Waals surface area contributed by atoms with Crippen LogP contribution in [0, 0.1) is 0 Å². The van der Waals surface area contributed by atoms with E-state index in [0.717, 1.165) is 20.8 Å². The number of likely N-dealkylation sites (tertiary alicyclic amines) is 1. The molecule has 1 N–H and O–H groups in total. The number of fused-ring (bicyclic) bond motifs is 3. The molecule has 1 aliphatic heterocycles. The summed E-state index contributed by atoms with van der Waals surface area (Å²) in [6, 6.07) is 13.2. The molecule has 33 heavy (non-hydrogen) atoms. The summed E-state index contributed by atoms with van der Waals surface area (Å²) in [6.45, 7) is 4.55. The molecule has 166 valence electrons. The number of ether oxygens (including phenoxy) is 1. The third kappa shape index (κ3) is 4.19. The number of carbonyl (C=O) groups is 2. The van der Waals surface area contributed by atoms with Crippen molar-refractivity contribution in [2.75, 3.05) is 13.1 Å². The molecule has 0 saturated carbocycles. The first-order valence-corrected chi connectivity index (χ1v) is 11.2. The van der Waals surface area contributed by atoms with Gasteiger partial charge < -0.3 is 19.5 Å². The SMILES string of the molecule is C=CC(=O)N1CC(NC(=O)Cn2c3ccc(Br)cc3c3ccc(Oc4cccnc4)nc32)C1. The Labute approximate surface area is 198 Å². The van der Waals surface area contributed by atoms with Crippen molar-refractivity contribution in [3.63, 3.8) is 0 Å². The topological polar surface area (TPSA) is 89.4 Å². The summed E-state index contributed by atoms with van der Waals surface area (Å²) in [5.41, 5.74) is 1.54. The molecule has 1 fully saturated rings. The van der Waals surface area contributed by atoms with Gasteiger partial charge in [-0.15, -0.1) is 0 Å². The second kappa shape index (κ2) is 8.67. The second-order valence-corrected chi connectivity index (χ2v) is 8.69. The smallest absolute Gasteiger partial charge is 0.246 e. The molecule has 1 aromatic carbocycles. The normalized spacial score (nSPS) is 13.7. The molecule has 0 radical (unpaired) electrons. The summed E-state index contributed by atoms with van der Waals surface area (Å²) >= 11 is 3.53. The van der Waals surface area contributed by atoms with Crippen molar-refractivity contribution in [1.82, 2.24) is 24.8 Å². The first-order chi connectivity index (χ1) is 16.0. The second-order valence-electron chi connectivity index (χ2n) is 7.77. The van der Waals surface area contributed by atoms with Gasteiger partial charge in [0.2, 0.25) is 17.7 Å². The Balaban J connectivity index is 1.44. The van der Waals surface area contributed by atoms with Crippen LogP contribution in [0.5, 0.6) is 11.6 Å². The van der Waals surface area contributed by atoms with E-state index < -0.39 is 0 Å². The molecule has 4 heterocycles. The van der Waals surface area contributed by atoms with Crippen molar-refractivity contribution in [3.05, 3.63) is 72.0 Å². The molecular weight excluding hydrogens is 486 g/mol. The average Bonchev–Trinajstić information content (AvgIpc) is 3.08. The molecule has 0 bridgehead atoms. The van der Waals surface area contributed by atoms with Crippen LogP contribution in [0.25, 0.3) is 21.9 Å². The number of hydrogen-bond donors (Lipinski definition) is 1. The summed E-state index contributed by atoms with van der Waals surface area (Å²) < 4.78 is 8.68. The highest BCUT2D eigenvalue weighted by Crippen LogP contribution is 2.32. The van der Waals surface area contributed by atoms with Crippen LogP contribution >= 0.6 is 15.9 Å². The Bertz CT molecular complexity index is 1380. The number of carbonyl (C=O) groups excluding carboxylic acids is 2. The van der Waals surface area contributed by atoms with Gasteiger partial charge in [0.1, 0.15) is 17.9 Å². The lowest BCUT2D eigenvalue weighted by molar-refractivity contribution is -0.133. The van der Waals surface area contributed by atoms with Gasteiger partial charge in [0.15, 0.2) is 0 Å². The van der Waals surface area contributed by atoms with E-state index in [4.69, 9.17) is 9.72 Å². The molecule has 3 aromatic heterocycles. The third-order valence-corrected chi connectivity index (χ3v) is 6.03. The Kier molecular flexibility index (Phi) is 5.55. The van der Waals surface area contributed by atoms with E-state index in [1.54, 1.807) is 35.5 Å². The minimum Gasteiger partial charge on any atom is -0.437 e. The van der Waals surface area contributed by atoms with Crippen LogP contribution in [-0.2, 0) is 16.1 Å². The molecule has 0 atom stereocenters. The largest absolute Gasteiger partial charge is 0.437 e. The fourth-order valence-electron chi connectivity index (χ4n) is 3.96. The van der Waals surface area contributed by atoms with E-state index in [1.807, 2.05) is 28.8 Å². The molecular formula is C24H20BrN5O3. The van der Waals surface area contributed by atoms with Crippen molar-refractivity contribution in [2.24, 2.45) is 0 Å². The van der Waals surface area contributed by atoms with E-state index in [1.165, 1.54) is 6.08 Å². The maximum atomic E-state index is 12.9. The molecule has 5 rings (SSSR count). The minimum atomic E-state index is -0.146. The van der Waals surface area contributed by atoms with Crippen LogP contribution < -0.4 is 10.1 Å². The monoisotopic (exact) mass is 505 g/mol. The maximum absolute atomic E-state index is 12.9. The predicted molar refractivity (Wildman–Crippen MR) is 128 cm³/mol. The van der Waals surface area contributed by atoms with Crippen LogP contribution in [0.1, 0.15) is 0 Å². The fraction of sp³-hybridized carbons (Fsp3) is 0.167. The van der Waals surface area contributed by atoms with Gasteiger partial charge in [0, 0.05) is 40.6 Å². The molecule has 1 saturated heterocycles. The van der Waals surface area contributed by atoms with E-state index >= 15 is 0 Å². The van der Waals surface area contributed by atoms with Gasteiger partial charge in [-0.05, 0) is 42.5 Å². The van der Waals surface area contributed by atoms with Gasteiger partial charge in [-0.3, -0.25) is 14.6 Å². The molecule has 9 heteroatoms. The van der Waals surface area contributed by atoms with Gasteiger partial charge in [-0.1, -0.05) is 22.5 Å². The third-order valence-electron chi connectivity index (χ3n) is 5.54. The van der Waals surface area contributed by atoms with E-state index in [9.17, 15) is 9.59 Å². The average molecular weight is 506 g/mol. The highest BCUT2D eigenvalue weighted by molar-refractivity contribution is 9.10. The number of nitrogens with one attached hydrogen (secondary N) is 1. The van der Waals surface area contributed by atoms with Gasteiger partial charge in [-0.25, -0.2) is 0 Å². The molecule has 4 aromatic rings. The number of hydrogen-bond acceptors (Lipinski definition) is 5. The zero-order valence-corrected chi connectivity index (χ0v) is 19.2. The Morgan fingerprint density at radius 2 is 2.06 bits per heavy atom. The highest BCUT2D eigenvalue weighted by atomic mass is 79.9. The van der Waals surface area contributed by atoms with E-state index in [0.29, 0.717) is 30.4 Å². The molecule has 0 unspecified atom stereocenters. The van der Waals surface area contributed by atoms with Crippen LogP contribution in [-0.4, -0.2) is 50.4 Å². The van der Waals surface area contributed by atoms with Crippen molar-refractivity contribution in [2.45, 2.75) is 12.6 Å². The summed E-state index contributed by atoms with van der Waals surface area (Å²) in [4.78, 5) is 34.9. The molecule has 0 aliphatic carbocycles. The van der Waals surface area contributed by atoms with E-state index in [-0.39, 0.29) is 24.4 Å². The van der Waals surface area contributed by atoms with Crippen molar-refractivity contribution < 1.29 is 14.3 Å². The van der Waals surface area contributed by atoms with Gasteiger partial charge in [0.05, 0.1) is 17.8 Å². The summed E-state index contributed by atoms with van der Waals surface area (Å²) in [7, 11) is 0. The van der Waals surface area contributed by atoms with Crippen LogP contribution in [0.3, 0.4) is 0 Å². The standard InChI is InChI=1S/C24H20BrN5O3/c1-2-23(32)29-12-16(13-29)27-21(31)14-30-20-7-5-15(25)10-19(20)18-6-8-22(28-24(18)30)33-17-4-3-9-26-11-17/h2-11,16H,1,12-14H2,(H,27,31).